The molecule has 0 N–H and O–H groups in total. The maximum atomic E-state index is 13.8. The molecular weight excluding hydrogens is 281 g/mol. The van der Waals surface area contributed by atoms with Crippen molar-refractivity contribution in [2.24, 2.45) is 0 Å². The molecule has 0 aliphatic heterocycles. The van der Waals surface area contributed by atoms with Crippen LogP contribution in [0, 0.1) is 5.82 Å². The lowest BCUT2D eigenvalue weighted by Gasteiger charge is -2.08. The molecule has 0 fully saturated rings. The fourth-order valence-electron chi connectivity index (χ4n) is 2.32. The Hall–Kier alpha value is -2.82. The predicted molar refractivity (Wildman–Crippen MR) is 80.2 cm³/mol. The maximum absolute atomic E-state index is 13.8. The number of hydrogen-bond donors (Lipinski definition) is 0. The standard InChI is InChI=1S/C17H14FN3O/c18-15-9-5-4-8-14(15)11-21-17(16(12-22)19-20-21)10-13-6-2-1-3-7-13/h1-9,12H,10-11H2. The van der Waals surface area contributed by atoms with Gasteiger partial charge in [-0.05, 0) is 11.6 Å². The molecule has 3 aromatic rings. The third-order valence-corrected chi connectivity index (χ3v) is 3.47. The molecule has 2 aromatic carbocycles. The van der Waals surface area contributed by atoms with Gasteiger partial charge in [-0.2, -0.15) is 0 Å². The third kappa shape index (κ3) is 2.93. The lowest BCUT2D eigenvalue weighted by molar-refractivity contribution is 0.111. The smallest absolute Gasteiger partial charge is 0.172 e. The number of hydrogen-bond acceptors (Lipinski definition) is 3. The summed E-state index contributed by atoms with van der Waals surface area (Å²) >= 11 is 0. The summed E-state index contributed by atoms with van der Waals surface area (Å²) in [5.74, 6) is -0.295. The van der Waals surface area contributed by atoms with E-state index in [9.17, 15) is 9.18 Å². The molecule has 4 nitrogen and oxygen atoms in total. The van der Waals surface area contributed by atoms with Gasteiger partial charge in [0.05, 0.1) is 12.2 Å². The van der Waals surface area contributed by atoms with Gasteiger partial charge in [0.1, 0.15) is 11.5 Å². The zero-order valence-corrected chi connectivity index (χ0v) is 11.8. The molecule has 0 spiro atoms. The Morgan fingerprint density at radius 3 is 2.50 bits per heavy atom. The van der Waals surface area contributed by atoms with E-state index in [0.717, 1.165) is 5.56 Å². The molecule has 0 bridgehead atoms. The van der Waals surface area contributed by atoms with Crippen molar-refractivity contribution < 1.29 is 9.18 Å². The Morgan fingerprint density at radius 2 is 1.77 bits per heavy atom. The van der Waals surface area contributed by atoms with Crippen molar-refractivity contribution in [3.05, 3.63) is 82.9 Å². The first kappa shape index (κ1) is 14.1. The fourth-order valence-corrected chi connectivity index (χ4v) is 2.32. The first-order chi connectivity index (χ1) is 10.8. The van der Waals surface area contributed by atoms with Gasteiger partial charge >= 0.3 is 0 Å². The van der Waals surface area contributed by atoms with E-state index in [0.29, 0.717) is 29.7 Å². The quantitative estimate of drug-likeness (QED) is 0.680. The van der Waals surface area contributed by atoms with Crippen molar-refractivity contribution in [2.45, 2.75) is 13.0 Å². The summed E-state index contributed by atoms with van der Waals surface area (Å²) in [7, 11) is 0. The van der Waals surface area contributed by atoms with Crippen molar-refractivity contribution >= 4 is 6.29 Å². The summed E-state index contributed by atoms with van der Waals surface area (Å²) in [5, 5.41) is 7.87. The van der Waals surface area contributed by atoms with Gasteiger partial charge in [-0.3, -0.25) is 4.79 Å². The molecule has 0 amide bonds. The molecule has 0 aliphatic rings. The monoisotopic (exact) mass is 295 g/mol. The summed E-state index contributed by atoms with van der Waals surface area (Å²) in [4.78, 5) is 11.2. The van der Waals surface area contributed by atoms with Gasteiger partial charge in [0.25, 0.3) is 0 Å². The van der Waals surface area contributed by atoms with Crippen LogP contribution >= 0.6 is 0 Å². The Bertz CT molecular complexity index is 784. The minimum atomic E-state index is -0.295. The van der Waals surface area contributed by atoms with E-state index in [2.05, 4.69) is 10.3 Å². The van der Waals surface area contributed by atoms with Crippen LogP contribution in [0.5, 0.6) is 0 Å². The van der Waals surface area contributed by atoms with Crippen LogP contribution in [-0.4, -0.2) is 21.3 Å². The minimum Gasteiger partial charge on any atom is -0.296 e. The zero-order chi connectivity index (χ0) is 15.4. The predicted octanol–water partition coefficient (Wildman–Crippen LogP) is 2.87. The number of carbonyl (C=O) groups is 1. The van der Waals surface area contributed by atoms with E-state index >= 15 is 0 Å². The first-order valence-electron chi connectivity index (χ1n) is 6.93. The van der Waals surface area contributed by atoms with Crippen molar-refractivity contribution in [3.63, 3.8) is 0 Å². The molecule has 0 radical (unpaired) electrons. The second kappa shape index (κ2) is 6.30. The van der Waals surface area contributed by atoms with Gasteiger partial charge in [0, 0.05) is 12.0 Å². The molecular formula is C17H14FN3O. The average molecular weight is 295 g/mol. The third-order valence-electron chi connectivity index (χ3n) is 3.47. The van der Waals surface area contributed by atoms with Crippen LogP contribution in [0.25, 0.3) is 0 Å². The van der Waals surface area contributed by atoms with Gasteiger partial charge in [0.2, 0.25) is 0 Å². The average Bonchev–Trinajstić information content (AvgIpc) is 2.92. The zero-order valence-electron chi connectivity index (χ0n) is 11.8. The van der Waals surface area contributed by atoms with Crippen LogP contribution in [0.3, 0.4) is 0 Å². The summed E-state index contributed by atoms with van der Waals surface area (Å²) in [5.41, 5.74) is 2.53. The Kier molecular flexibility index (Phi) is 4.05. The van der Waals surface area contributed by atoms with E-state index in [4.69, 9.17) is 0 Å². The molecule has 0 aliphatic carbocycles. The lowest BCUT2D eigenvalue weighted by atomic mass is 10.1. The van der Waals surface area contributed by atoms with Crippen molar-refractivity contribution in [1.29, 1.82) is 0 Å². The highest BCUT2D eigenvalue weighted by atomic mass is 19.1. The number of rotatable bonds is 5. The highest BCUT2D eigenvalue weighted by molar-refractivity contribution is 5.73. The highest BCUT2D eigenvalue weighted by Crippen LogP contribution is 2.14. The Labute approximate surface area is 127 Å². The summed E-state index contributed by atoms with van der Waals surface area (Å²) in [6.45, 7) is 0.246. The topological polar surface area (TPSA) is 47.8 Å². The van der Waals surface area contributed by atoms with Crippen LogP contribution in [0.1, 0.15) is 27.3 Å². The molecule has 3 rings (SSSR count). The number of aromatic nitrogens is 3. The van der Waals surface area contributed by atoms with Crippen molar-refractivity contribution in [2.75, 3.05) is 0 Å². The highest BCUT2D eigenvalue weighted by Gasteiger charge is 2.14. The number of nitrogens with zero attached hydrogens (tertiary/aromatic N) is 3. The van der Waals surface area contributed by atoms with Gasteiger partial charge < -0.3 is 0 Å². The van der Waals surface area contributed by atoms with E-state index in [-0.39, 0.29) is 12.4 Å². The van der Waals surface area contributed by atoms with Gasteiger partial charge in [0.15, 0.2) is 6.29 Å². The van der Waals surface area contributed by atoms with Crippen LogP contribution in [0.15, 0.2) is 54.6 Å². The summed E-state index contributed by atoms with van der Waals surface area (Å²) in [6, 6.07) is 16.2. The fraction of sp³-hybridized carbons (Fsp3) is 0.118. The number of aldehydes is 1. The molecule has 0 unspecified atom stereocenters. The van der Waals surface area contributed by atoms with Crippen LogP contribution in [-0.2, 0) is 13.0 Å². The van der Waals surface area contributed by atoms with Crippen LogP contribution in [0.4, 0.5) is 4.39 Å². The number of halogens is 1. The van der Waals surface area contributed by atoms with Gasteiger partial charge in [-0.1, -0.05) is 53.7 Å². The van der Waals surface area contributed by atoms with Crippen LogP contribution < -0.4 is 0 Å². The van der Waals surface area contributed by atoms with Gasteiger partial charge in [-0.25, -0.2) is 9.07 Å². The molecule has 5 heteroatoms. The van der Waals surface area contributed by atoms with E-state index in [1.165, 1.54) is 6.07 Å². The van der Waals surface area contributed by atoms with E-state index in [1.54, 1.807) is 22.9 Å². The molecule has 1 heterocycles. The van der Waals surface area contributed by atoms with Gasteiger partial charge in [-0.15, -0.1) is 5.10 Å². The molecule has 22 heavy (non-hydrogen) atoms. The Balaban J connectivity index is 1.93. The van der Waals surface area contributed by atoms with Crippen molar-refractivity contribution in [3.8, 4) is 0 Å². The second-order valence-corrected chi connectivity index (χ2v) is 4.95. The SMILES string of the molecule is O=Cc1nnn(Cc2ccccc2F)c1Cc1ccccc1. The second-order valence-electron chi connectivity index (χ2n) is 4.95. The number of benzene rings is 2. The largest absolute Gasteiger partial charge is 0.296 e. The van der Waals surface area contributed by atoms with E-state index in [1.807, 2.05) is 30.3 Å². The van der Waals surface area contributed by atoms with Crippen LogP contribution in [0.2, 0.25) is 0 Å². The lowest BCUT2D eigenvalue weighted by Crippen LogP contribution is -2.09. The summed E-state index contributed by atoms with van der Waals surface area (Å²) in [6.07, 6.45) is 1.21. The molecule has 0 saturated carbocycles. The Morgan fingerprint density at radius 1 is 1.05 bits per heavy atom. The maximum Gasteiger partial charge on any atom is 0.172 e. The molecule has 110 valence electrons. The molecule has 0 saturated heterocycles. The first-order valence-corrected chi connectivity index (χ1v) is 6.93. The summed E-state index contributed by atoms with van der Waals surface area (Å²) < 4.78 is 15.4. The minimum absolute atomic E-state index is 0.246. The molecule has 0 atom stereocenters. The molecule has 1 aromatic heterocycles. The van der Waals surface area contributed by atoms with E-state index < -0.39 is 0 Å². The van der Waals surface area contributed by atoms with Crippen molar-refractivity contribution in [1.82, 2.24) is 15.0 Å². The number of carbonyl (C=O) groups excluding carboxylic acids is 1. The normalized spacial score (nSPS) is 10.6.